The molecule has 0 fully saturated rings. The Hall–Kier alpha value is -1.58. The molecule has 4 nitrogen and oxygen atoms in total. The van der Waals surface area contributed by atoms with Crippen molar-refractivity contribution in [1.82, 2.24) is 10.3 Å². The van der Waals surface area contributed by atoms with Crippen molar-refractivity contribution in [2.24, 2.45) is 5.92 Å². The molecule has 4 heteroatoms. The van der Waals surface area contributed by atoms with E-state index in [1.54, 1.807) is 12.3 Å². The second-order valence-electron chi connectivity index (χ2n) is 5.45. The fourth-order valence-electron chi connectivity index (χ4n) is 2.25. The van der Waals surface area contributed by atoms with Crippen LogP contribution in [0.2, 0.25) is 0 Å². The molecule has 1 rings (SSSR count). The largest absolute Gasteiger partial charge is 0.369 e. The van der Waals surface area contributed by atoms with Gasteiger partial charge in [-0.1, -0.05) is 40.0 Å². The van der Waals surface area contributed by atoms with Gasteiger partial charge in [0.1, 0.15) is 5.82 Å². The molecule has 1 aromatic heterocycles. The second-order valence-corrected chi connectivity index (χ2v) is 5.45. The van der Waals surface area contributed by atoms with Crippen LogP contribution < -0.4 is 10.6 Å². The van der Waals surface area contributed by atoms with Crippen molar-refractivity contribution in [3.63, 3.8) is 0 Å². The van der Waals surface area contributed by atoms with Gasteiger partial charge in [-0.15, -0.1) is 0 Å². The maximum atomic E-state index is 12.3. The van der Waals surface area contributed by atoms with Crippen LogP contribution in [0.5, 0.6) is 0 Å². The zero-order valence-corrected chi connectivity index (χ0v) is 13.6. The van der Waals surface area contributed by atoms with E-state index in [2.05, 4.69) is 36.4 Å². The molecule has 21 heavy (non-hydrogen) atoms. The fraction of sp³-hybridized carbons (Fsp3) is 0.647. The number of hydrogen-bond acceptors (Lipinski definition) is 3. The van der Waals surface area contributed by atoms with E-state index in [1.807, 2.05) is 6.07 Å². The second kappa shape index (κ2) is 10.2. The minimum Gasteiger partial charge on any atom is -0.369 e. The molecule has 2 N–H and O–H groups in total. The van der Waals surface area contributed by atoms with E-state index < -0.39 is 0 Å². The fourth-order valence-corrected chi connectivity index (χ4v) is 2.25. The van der Waals surface area contributed by atoms with Gasteiger partial charge < -0.3 is 10.6 Å². The summed E-state index contributed by atoms with van der Waals surface area (Å²) in [6, 6.07) is 3.63. The number of carbonyl (C=O) groups excluding carboxylic acids is 1. The summed E-state index contributed by atoms with van der Waals surface area (Å²) in [5, 5.41) is 6.26. The van der Waals surface area contributed by atoms with Crippen LogP contribution >= 0.6 is 0 Å². The Bertz CT molecular complexity index is 420. The average molecular weight is 291 g/mol. The number of aromatic nitrogens is 1. The Morgan fingerprint density at radius 2 is 2.10 bits per heavy atom. The lowest BCUT2D eigenvalue weighted by Gasteiger charge is -2.16. The van der Waals surface area contributed by atoms with E-state index in [0.717, 1.165) is 25.9 Å². The smallest absolute Gasteiger partial charge is 0.255 e. The number of pyridine rings is 1. The lowest BCUT2D eigenvalue weighted by molar-refractivity contribution is 0.0946. The van der Waals surface area contributed by atoms with Crippen molar-refractivity contribution in [3.05, 3.63) is 23.9 Å². The number of anilines is 1. The molecular formula is C17H29N3O. The third-order valence-corrected chi connectivity index (χ3v) is 3.69. The quantitative estimate of drug-likeness (QED) is 0.688. The number of nitrogens with zero attached hydrogens (tertiary/aromatic N) is 1. The first-order valence-electron chi connectivity index (χ1n) is 8.19. The molecule has 1 unspecified atom stereocenters. The van der Waals surface area contributed by atoms with Crippen molar-refractivity contribution in [1.29, 1.82) is 0 Å². The summed E-state index contributed by atoms with van der Waals surface area (Å²) in [7, 11) is 0. The van der Waals surface area contributed by atoms with Gasteiger partial charge in [0.2, 0.25) is 0 Å². The normalized spacial score (nSPS) is 12.0. The zero-order valence-electron chi connectivity index (χ0n) is 13.6. The number of carbonyl (C=O) groups is 1. The maximum absolute atomic E-state index is 12.3. The van der Waals surface area contributed by atoms with Crippen molar-refractivity contribution >= 4 is 11.7 Å². The highest BCUT2D eigenvalue weighted by Gasteiger charge is 2.13. The lowest BCUT2D eigenvalue weighted by Crippen LogP contribution is -2.30. The highest BCUT2D eigenvalue weighted by atomic mass is 16.1. The van der Waals surface area contributed by atoms with Crippen LogP contribution in [-0.2, 0) is 0 Å². The summed E-state index contributed by atoms with van der Waals surface area (Å²) in [5.74, 6) is 1.22. The molecule has 1 atom stereocenters. The first kappa shape index (κ1) is 17.5. The first-order chi connectivity index (χ1) is 10.2. The molecule has 1 amide bonds. The van der Waals surface area contributed by atoms with Gasteiger partial charge in [-0.3, -0.25) is 4.79 Å². The van der Waals surface area contributed by atoms with Crippen LogP contribution in [0.3, 0.4) is 0 Å². The van der Waals surface area contributed by atoms with Crippen molar-refractivity contribution in [2.75, 3.05) is 18.4 Å². The van der Waals surface area contributed by atoms with E-state index in [-0.39, 0.29) is 5.91 Å². The number of hydrogen-bond donors (Lipinski definition) is 2. The molecule has 0 spiro atoms. The van der Waals surface area contributed by atoms with Crippen LogP contribution in [0.15, 0.2) is 18.3 Å². The molecule has 0 bridgehead atoms. The maximum Gasteiger partial charge on any atom is 0.255 e. The van der Waals surface area contributed by atoms with Gasteiger partial charge >= 0.3 is 0 Å². The van der Waals surface area contributed by atoms with Crippen LogP contribution in [-0.4, -0.2) is 24.0 Å². The minimum absolute atomic E-state index is 0.0309. The van der Waals surface area contributed by atoms with Crippen LogP contribution in [0.4, 0.5) is 5.82 Å². The molecule has 118 valence electrons. The highest BCUT2D eigenvalue weighted by Crippen LogP contribution is 2.14. The third-order valence-electron chi connectivity index (χ3n) is 3.69. The number of nitrogens with one attached hydrogen (secondary N) is 2. The van der Waals surface area contributed by atoms with Gasteiger partial charge in [-0.25, -0.2) is 4.98 Å². The third kappa shape index (κ3) is 6.15. The average Bonchev–Trinajstić information content (AvgIpc) is 2.53. The number of amides is 1. The van der Waals surface area contributed by atoms with Gasteiger partial charge in [0, 0.05) is 19.3 Å². The molecule has 0 aliphatic carbocycles. The van der Waals surface area contributed by atoms with Crippen molar-refractivity contribution in [3.8, 4) is 0 Å². The molecule has 1 heterocycles. The number of unbranched alkanes of at least 4 members (excludes halogenated alkanes) is 1. The van der Waals surface area contributed by atoms with E-state index in [9.17, 15) is 4.79 Å². The highest BCUT2D eigenvalue weighted by molar-refractivity contribution is 5.98. The summed E-state index contributed by atoms with van der Waals surface area (Å²) in [6.45, 7) is 8.05. The Morgan fingerprint density at radius 3 is 2.76 bits per heavy atom. The SMILES string of the molecule is CCCCC(CC)CNC(=O)c1cccnc1NCCC. The summed E-state index contributed by atoms with van der Waals surface area (Å²) in [6.07, 6.45) is 7.44. The van der Waals surface area contributed by atoms with Gasteiger partial charge in [0.15, 0.2) is 0 Å². The topological polar surface area (TPSA) is 54.0 Å². The summed E-state index contributed by atoms with van der Waals surface area (Å²) >= 11 is 0. The Kier molecular flexibility index (Phi) is 8.48. The van der Waals surface area contributed by atoms with E-state index in [4.69, 9.17) is 0 Å². The van der Waals surface area contributed by atoms with E-state index >= 15 is 0 Å². The Morgan fingerprint density at radius 1 is 1.29 bits per heavy atom. The van der Waals surface area contributed by atoms with Crippen LogP contribution in [0, 0.1) is 5.92 Å². The number of rotatable bonds is 10. The Balaban J connectivity index is 2.58. The predicted octanol–water partition coefficient (Wildman–Crippen LogP) is 3.85. The van der Waals surface area contributed by atoms with Gasteiger partial charge in [0.25, 0.3) is 5.91 Å². The molecule has 0 aliphatic rings. The lowest BCUT2D eigenvalue weighted by atomic mass is 9.99. The minimum atomic E-state index is -0.0309. The van der Waals surface area contributed by atoms with Crippen molar-refractivity contribution in [2.45, 2.75) is 52.9 Å². The molecular weight excluding hydrogens is 262 g/mol. The zero-order chi connectivity index (χ0) is 15.5. The van der Waals surface area contributed by atoms with Crippen LogP contribution in [0.1, 0.15) is 63.2 Å². The predicted molar refractivity (Wildman–Crippen MR) is 88.7 cm³/mol. The molecule has 0 aliphatic heterocycles. The molecule has 0 radical (unpaired) electrons. The molecule has 0 saturated carbocycles. The Labute approximate surface area is 128 Å². The van der Waals surface area contributed by atoms with Crippen LogP contribution in [0.25, 0.3) is 0 Å². The summed E-state index contributed by atoms with van der Waals surface area (Å²) in [5.41, 5.74) is 0.635. The molecule has 1 aromatic rings. The molecule has 0 saturated heterocycles. The monoisotopic (exact) mass is 291 g/mol. The van der Waals surface area contributed by atoms with E-state index in [1.165, 1.54) is 19.3 Å². The first-order valence-corrected chi connectivity index (χ1v) is 8.19. The van der Waals surface area contributed by atoms with Crippen molar-refractivity contribution < 1.29 is 4.79 Å². The summed E-state index contributed by atoms with van der Waals surface area (Å²) < 4.78 is 0. The molecule has 0 aromatic carbocycles. The standard InChI is InChI=1S/C17H29N3O/c1-4-7-9-14(6-3)13-20-17(21)15-10-8-12-19-16(15)18-11-5-2/h8,10,12,14H,4-7,9,11,13H2,1-3H3,(H,18,19)(H,20,21). The van der Waals surface area contributed by atoms with E-state index in [0.29, 0.717) is 17.3 Å². The van der Waals surface area contributed by atoms with Gasteiger partial charge in [-0.05, 0) is 30.9 Å². The summed E-state index contributed by atoms with van der Waals surface area (Å²) in [4.78, 5) is 16.6. The van der Waals surface area contributed by atoms with Gasteiger partial charge in [-0.2, -0.15) is 0 Å². The van der Waals surface area contributed by atoms with Gasteiger partial charge in [0.05, 0.1) is 5.56 Å².